The number of halogens is 2. The van der Waals surface area contributed by atoms with Crippen LogP contribution in [-0.4, -0.2) is 35.1 Å². The lowest BCUT2D eigenvalue weighted by Gasteiger charge is -2.25. The highest BCUT2D eigenvalue weighted by atomic mass is 35.5. The standard InChI is InChI=1S/C17H18Cl2N2O5S/c1-17(16(23)20-24,27(2,25)26)4-6-21-5-3-11(9-15(21)22)12-7-13(18)10-14(19)8-12/h3,5,7-10,24H,4,6H2,1-2H3,(H,20,23)/t17-/m1/s1. The number of carbonyl (C=O) groups excluding carboxylic acids is 1. The third-order valence-corrected chi connectivity index (χ3v) is 6.88. The van der Waals surface area contributed by atoms with Crippen molar-refractivity contribution in [2.45, 2.75) is 24.6 Å². The average Bonchev–Trinajstić information content (AvgIpc) is 2.57. The second-order valence-electron chi connectivity index (χ2n) is 6.30. The summed E-state index contributed by atoms with van der Waals surface area (Å²) in [6, 6.07) is 7.93. The van der Waals surface area contributed by atoms with E-state index in [0.29, 0.717) is 21.2 Å². The molecule has 1 aromatic heterocycles. The summed E-state index contributed by atoms with van der Waals surface area (Å²) < 4.78 is 23.4. The first-order valence-corrected chi connectivity index (χ1v) is 10.4. The van der Waals surface area contributed by atoms with Gasteiger partial charge in [0.2, 0.25) is 0 Å². The molecular weight excluding hydrogens is 415 g/mol. The fourth-order valence-electron chi connectivity index (χ4n) is 2.51. The maximum atomic E-state index is 12.4. The number of hydrogen-bond acceptors (Lipinski definition) is 5. The number of carbonyl (C=O) groups is 1. The molecule has 2 aromatic rings. The van der Waals surface area contributed by atoms with Gasteiger partial charge in [0, 0.05) is 35.1 Å². The van der Waals surface area contributed by atoms with Gasteiger partial charge in [-0.2, -0.15) is 0 Å². The quantitative estimate of drug-likeness (QED) is 0.538. The van der Waals surface area contributed by atoms with Crippen molar-refractivity contribution in [2.24, 2.45) is 0 Å². The zero-order chi connectivity index (χ0) is 20.4. The predicted octanol–water partition coefficient (Wildman–Crippen LogP) is 2.52. The number of aryl methyl sites for hydroxylation is 1. The lowest BCUT2D eigenvalue weighted by molar-refractivity contribution is -0.131. The van der Waals surface area contributed by atoms with E-state index in [4.69, 9.17) is 28.4 Å². The smallest absolute Gasteiger partial charge is 0.264 e. The minimum absolute atomic E-state index is 0.0353. The number of nitrogens with one attached hydrogen (secondary N) is 1. The van der Waals surface area contributed by atoms with Crippen molar-refractivity contribution in [2.75, 3.05) is 6.26 Å². The molecule has 0 aliphatic rings. The van der Waals surface area contributed by atoms with Crippen LogP contribution in [0, 0.1) is 0 Å². The Balaban J connectivity index is 2.31. The van der Waals surface area contributed by atoms with Gasteiger partial charge in [-0.15, -0.1) is 0 Å². The predicted molar refractivity (Wildman–Crippen MR) is 104 cm³/mol. The molecule has 0 radical (unpaired) electrons. The van der Waals surface area contributed by atoms with Gasteiger partial charge in [-0.25, -0.2) is 13.9 Å². The molecule has 7 nitrogen and oxygen atoms in total. The monoisotopic (exact) mass is 432 g/mol. The van der Waals surface area contributed by atoms with Crippen LogP contribution < -0.4 is 11.0 Å². The molecule has 0 bridgehead atoms. The van der Waals surface area contributed by atoms with E-state index in [1.54, 1.807) is 24.3 Å². The van der Waals surface area contributed by atoms with Gasteiger partial charge in [0.05, 0.1) is 0 Å². The summed E-state index contributed by atoms with van der Waals surface area (Å²) in [6.07, 6.45) is 2.20. The number of benzene rings is 1. The van der Waals surface area contributed by atoms with Crippen LogP contribution in [0.3, 0.4) is 0 Å². The van der Waals surface area contributed by atoms with Gasteiger partial charge in [-0.05, 0) is 48.7 Å². The molecule has 0 unspecified atom stereocenters. The molecule has 27 heavy (non-hydrogen) atoms. The molecule has 2 rings (SSSR count). The van der Waals surface area contributed by atoms with Crippen molar-refractivity contribution < 1.29 is 18.4 Å². The van der Waals surface area contributed by atoms with E-state index in [0.717, 1.165) is 6.26 Å². The highest BCUT2D eigenvalue weighted by Gasteiger charge is 2.43. The average molecular weight is 433 g/mol. The number of aromatic nitrogens is 1. The van der Waals surface area contributed by atoms with Crippen LogP contribution >= 0.6 is 23.2 Å². The molecule has 1 heterocycles. The largest absolute Gasteiger partial charge is 0.315 e. The Morgan fingerprint density at radius 2 is 1.78 bits per heavy atom. The second-order valence-corrected chi connectivity index (χ2v) is 9.62. The third-order valence-electron chi connectivity index (χ3n) is 4.42. The van der Waals surface area contributed by atoms with Crippen LogP contribution in [0.2, 0.25) is 10.0 Å². The van der Waals surface area contributed by atoms with Gasteiger partial charge in [0.25, 0.3) is 11.5 Å². The van der Waals surface area contributed by atoms with Crippen LogP contribution in [0.1, 0.15) is 13.3 Å². The Morgan fingerprint density at radius 1 is 1.19 bits per heavy atom. The van der Waals surface area contributed by atoms with Gasteiger partial charge in [-0.3, -0.25) is 14.8 Å². The second kappa shape index (κ2) is 8.02. The molecular formula is C17H18Cl2N2O5S. The molecule has 1 aromatic carbocycles. The fraction of sp³-hybridized carbons (Fsp3) is 0.294. The van der Waals surface area contributed by atoms with E-state index in [9.17, 15) is 18.0 Å². The summed E-state index contributed by atoms with van der Waals surface area (Å²) in [6.45, 7) is 1.16. The summed E-state index contributed by atoms with van der Waals surface area (Å²) in [7, 11) is -3.84. The molecule has 1 amide bonds. The molecule has 146 valence electrons. The third kappa shape index (κ3) is 4.70. The Hall–Kier alpha value is -1.87. The van der Waals surface area contributed by atoms with E-state index in [2.05, 4.69) is 0 Å². The number of sulfone groups is 1. The van der Waals surface area contributed by atoms with E-state index in [1.807, 2.05) is 0 Å². The Kier molecular flexibility index (Phi) is 6.36. The summed E-state index contributed by atoms with van der Waals surface area (Å²) >= 11 is 11.9. The lowest BCUT2D eigenvalue weighted by atomic mass is 10.1. The van der Waals surface area contributed by atoms with Crippen molar-refractivity contribution in [3.63, 3.8) is 0 Å². The van der Waals surface area contributed by atoms with Crippen LogP contribution in [0.5, 0.6) is 0 Å². The van der Waals surface area contributed by atoms with Gasteiger partial charge in [0.1, 0.15) is 0 Å². The normalized spacial score (nSPS) is 13.8. The Labute approximate surface area is 166 Å². The summed E-state index contributed by atoms with van der Waals surface area (Å²) in [4.78, 5) is 24.2. The first-order valence-electron chi connectivity index (χ1n) is 7.79. The van der Waals surface area contributed by atoms with Gasteiger partial charge in [-0.1, -0.05) is 23.2 Å². The zero-order valence-corrected chi connectivity index (χ0v) is 16.9. The number of rotatable bonds is 6. The summed E-state index contributed by atoms with van der Waals surface area (Å²) in [5.74, 6) is -1.05. The molecule has 2 N–H and O–H groups in total. The van der Waals surface area contributed by atoms with Crippen molar-refractivity contribution >= 4 is 38.9 Å². The van der Waals surface area contributed by atoms with Gasteiger partial charge >= 0.3 is 0 Å². The SMILES string of the molecule is C[C@@](CCn1ccc(-c2cc(Cl)cc(Cl)c2)cc1=O)(C(=O)NO)S(C)(=O)=O. The molecule has 0 saturated carbocycles. The number of pyridine rings is 1. The van der Waals surface area contributed by atoms with Crippen LogP contribution in [-0.2, 0) is 21.2 Å². The summed E-state index contributed by atoms with van der Waals surface area (Å²) in [5.41, 5.74) is 2.25. The van der Waals surface area contributed by atoms with E-state index >= 15 is 0 Å². The highest BCUT2D eigenvalue weighted by Crippen LogP contribution is 2.26. The number of hydroxylamine groups is 1. The van der Waals surface area contributed by atoms with Gasteiger partial charge < -0.3 is 4.57 Å². The minimum atomic E-state index is -3.84. The molecule has 0 aliphatic carbocycles. The van der Waals surface area contributed by atoms with Crippen molar-refractivity contribution in [1.29, 1.82) is 0 Å². The zero-order valence-electron chi connectivity index (χ0n) is 14.6. The Bertz CT molecular complexity index is 1020. The lowest BCUT2D eigenvalue weighted by Crippen LogP contribution is -2.49. The van der Waals surface area contributed by atoms with Gasteiger partial charge in [0.15, 0.2) is 14.6 Å². The van der Waals surface area contributed by atoms with E-state index in [1.165, 1.54) is 29.2 Å². The molecule has 0 saturated heterocycles. The Morgan fingerprint density at radius 3 is 2.26 bits per heavy atom. The number of nitrogens with zero attached hydrogens (tertiary/aromatic N) is 1. The van der Waals surface area contributed by atoms with Crippen LogP contribution in [0.15, 0.2) is 41.3 Å². The maximum Gasteiger partial charge on any atom is 0.264 e. The molecule has 0 fully saturated rings. The molecule has 10 heteroatoms. The number of amides is 1. The maximum absolute atomic E-state index is 12.4. The van der Waals surface area contributed by atoms with Crippen molar-refractivity contribution in [1.82, 2.24) is 10.0 Å². The summed E-state index contributed by atoms with van der Waals surface area (Å²) in [5, 5.41) is 9.70. The van der Waals surface area contributed by atoms with E-state index in [-0.39, 0.29) is 18.5 Å². The fourth-order valence-corrected chi connectivity index (χ4v) is 3.88. The highest BCUT2D eigenvalue weighted by molar-refractivity contribution is 7.92. The minimum Gasteiger partial charge on any atom is -0.315 e. The van der Waals surface area contributed by atoms with Crippen LogP contribution in [0.4, 0.5) is 0 Å². The molecule has 0 aliphatic heterocycles. The van der Waals surface area contributed by atoms with Crippen molar-refractivity contribution in [3.05, 3.63) is 56.9 Å². The van der Waals surface area contributed by atoms with E-state index < -0.39 is 20.5 Å². The molecule has 1 atom stereocenters. The van der Waals surface area contributed by atoms with Crippen LogP contribution in [0.25, 0.3) is 11.1 Å². The topological polar surface area (TPSA) is 105 Å². The first-order chi connectivity index (χ1) is 12.5. The first kappa shape index (κ1) is 21.4. The van der Waals surface area contributed by atoms with Crippen molar-refractivity contribution in [3.8, 4) is 11.1 Å². The number of hydrogen-bond donors (Lipinski definition) is 2. The molecule has 0 spiro atoms.